The highest BCUT2D eigenvalue weighted by molar-refractivity contribution is 7.94. The summed E-state index contributed by atoms with van der Waals surface area (Å²) in [4.78, 5) is 19.8. The molecule has 172 valence electrons. The van der Waals surface area contributed by atoms with E-state index in [4.69, 9.17) is 9.47 Å². The van der Waals surface area contributed by atoms with E-state index < -0.39 is 22.1 Å². The number of amides is 2. The van der Waals surface area contributed by atoms with Crippen LogP contribution in [0, 0.1) is 13.8 Å². The number of rotatable bonds is 5. The third-order valence-electron chi connectivity index (χ3n) is 5.84. The highest BCUT2D eigenvalue weighted by Crippen LogP contribution is 2.43. The first-order chi connectivity index (χ1) is 15.7. The standard InChI is InChI=1S/C24H25N3O5S/c1-15-12-13-25-16(2)23(15)17(3)26-19-8-6-7-9-22(19)33(29,30)27(24(26)28)18-10-11-20(31-4)21(14-18)32-5/h6-14,17H,1-5H3. The number of fused-ring (bicyclic) bond motifs is 1. The van der Waals surface area contributed by atoms with Gasteiger partial charge in [-0.2, -0.15) is 4.31 Å². The van der Waals surface area contributed by atoms with E-state index >= 15 is 0 Å². The van der Waals surface area contributed by atoms with E-state index in [9.17, 15) is 13.2 Å². The summed E-state index contributed by atoms with van der Waals surface area (Å²) in [5.74, 6) is 0.741. The molecule has 2 heterocycles. The average molecular weight is 468 g/mol. The number of benzene rings is 2. The maximum absolute atomic E-state index is 13.9. The Morgan fingerprint density at radius 1 is 0.970 bits per heavy atom. The van der Waals surface area contributed by atoms with Crippen LogP contribution in [0.4, 0.5) is 16.2 Å². The second-order valence-electron chi connectivity index (χ2n) is 7.73. The molecule has 2 amide bonds. The molecule has 8 nitrogen and oxygen atoms in total. The normalized spacial score (nSPS) is 15.7. The summed E-state index contributed by atoms with van der Waals surface area (Å²) in [5, 5.41) is 0. The number of sulfonamides is 1. The summed E-state index contributed by atoms with van der Waals surface area (Å²) < 4.78 is 38.6. The van der Waals surface area contributed by atoms with Gasteiger partial charge in [0.25, 0.3) is 10.0 Å². The highest BCUT2D eigenvalue weighted by Gasteiger charge is 2.45. The predicted molar refractivity (Wildman–Crippen MR) is 126 cm³/mol. The minimum Gasteiger partial charge on any atom is -0.493 e. The number of pyridine rings is 1. The molecule has 0 saturated heterocycles. The number of anilines is 2. The van der Waals surface area contributed by atoms with Crippen molar-refractivity contribution in [3.05, 3.63) is 71.5 Å². The Labute approximate surface area is 193 Å². The van der Waals surface area contributed by atoms with Crippen LogP contribution in [0.5, 0.6) is 11.5 Å². The van der Waals surface area contributed by atoms with Crippen molar-refractivity contribution >= 4 is 27.4 Å². The van der Waals surface area contributed by atoms with Gasteiger partial charge >= 0.3 is 6.03 Å². The predicted octanol–water partition coefficient (Wildman–Crippen LogP) is 4.61. The van der Waals surface area contributed by atoms with Crippen LogP contribution in [0.15, 0.2) is 59.6 Å². The number of carbonyl (C=O) groups excluding carboxylic acids is 1. The van der Waals surface area contributed by atoms with E-state index in [1.165, 1.54) is 37.3 Å². The fourth-order valence-corrected chi connectivity index (χ4v) is 5.88. The van der Waals surface area contributed by atoms with Crippen molar-refractivity contribution in [2.45, 2.75) is 31.7 Å². The molecular formula is C24H25N3O5S. The first-order valence-electron chi connectivity index (χ1n) is 10.3. The molecule has 1 aliphatic rings. The minimum atomic E-state index is -4.17. The second-order valence-corrected chi connectivity index (χ2v) is 9.49. The molecule has 0 fully saturated rings. The lowest BCUT2D eigenvalue weighted by Gasteiger charge is -2.40. The van der Waals surface area contributed by atoms with Crippen molar-refractivity contribution in [3.8, 4) is 11.5 Å². The Morgan fingerprint density at radius 2 is 1.67 bits per heavy atom. The quantitative estimate of drug-likeness (QED) is 0.544. The first kappa shape index (κ1) is 22.6. The highest BCUT2D eigenvalue weighted by atomic mass is 32.2. The van der Waals surface area contributed by atoms with Crippen LogP contribution in [0.25, 0.3) is 0 Å². The van der Waals surface area contributed by atoms with E-state index in [0.717, 1.165) is 21.1 Å². The Bertz CT molecular complexity index is 1320. The van der Waals surface area contributed by atoms with Gasteiger partial charge in [0.1, 0.15) is 4.90 Å². The Balaban J connectivity index is 1.94. The lowest BCUT2D eigenvalue weighted by Crippen LogP contribution is -2.52. The van der Waals surface area contributed by atoms with Gasteiger partial charge in [-0.15, -0.1) is 0 Å². The van der Waals surface area contributed by atoms with Crippen molar-refractivity contribution in [2.75, 3.05) is 23.4 Å². The fourth-order valence-electron chi connectivity index (χ4n) is 4.32. The molecule has 0 radical (unpaired) electrons. The van der Waals surface area contributed by atoms with E-state index in [1.54, 1.807) is 30.5 Å². The van der Waals surface area contributed by atoms with Crippen molar-refractivity contribution in [1.82, 2.24) is 4.98 Å². The third-order valence-corrected chi connectivity index (χ3v) is 7.59. The van der Waals surface area contributed by atoms with Gasteiger partial charge in [-0.1, -0.05) is 12.1 Å². The molecule has 33 heavy (non-hydrogen) atoms. The maximum Gasteiger partial charge on any atom is 0.343 e. The van der Waals surface area contributed by atoms with Gasteiger partial charge in [0.05, 0.1) is 31.6 Å². The monoisotopic (exact) mass is 467 g/mol. The minimum absolute atomic E-state index is 0.0467. The number of hydrogen-bond donors (Lipinski definition) is 0. The third kappa shape index (κ3) is 3.58. The average Bonchev–Trinajstić information content (AvgIpc) is 2.78. The van der Waals surface area contributed by atoms with Gasteiger partial charge < -0.3 is 9.47 Å². The van der Waals surface area contributed by atoms with Crippen molar-refractivity contribution in [2.24, 2.45) is 0 Å². The van der Waals surface area contributed by atoms with Gasteiger partial charge in [0.2, 0.25) is 0 Å². The molecule has 2 aromatic carbocycles. The molecule has 3 aromatic rings. The van der Waals surface area contributed by atoms with Gasteiger partial charge in [-0.3, -0.25) is 9.88 Å². The van der Waals surface area contributed by atoms with Crippen molar-refractivity contribution < 1.29 is 22.7 Å². The molecule has 1 unspecified atom stereocenters. The molecule has 0 bridgehead atoms. The maximum atomic E-state index is 13.9. The van der Waals surface area contributed by atoms with E-state index in [-0.39, 0.29) is 10.6 Å². The van der Waals surface area contributed by atoms with Crippen molar-refractivity contribution in [1.29, 1.82) is 0 Å². The molecule has 1 atom stereocenters. The Morgan fingerprint density at radius 3 is 2.33 bits per heavy atom. The summed E-state index contributed by atoms with van der Waals surface area (Å²) in [6.07, 6.45) is 1.72. The summed E-state index contributed by atoms with van der Waals surface area (Å²) >= 11 is 0. The van der Waals surface area contributed by atoms with Crippen LogP contribution in [-0.2, 0) is 10.0 Å². The zero-order valence-electron chi connectivity index (χ0n) is 19.1. The number of carbonyl (C=O) groups is 1. The molecule has 1 aromatic heterocycles. The number of para-hydroxylation sites is 1. The van der Waals surface area contributed by atoms with Crippen molar-refractivity contribution in [3.63, 3.8) is 0 Å². The Kier molecular flexibility index (Phi) is 5.75. The number of urea groups is 1. The number of nitrogens with zero attached hydrogens (tertiary/aromatic N) is 3. The molecule has 0 N–H and O–H groups in total. The van der Waals surface area contributed by atoms with Gasteiger partial charge in [-0.05, 0) is 62.2 Å². The van der Waals surface area contributed by atoms with Gasteiger partial charge in [0, 0.05) is 18.0 Å². The SMILES string of the molecule is COc1ccc(N2C(=O)N(C(C)c3c(C)ccnc3C)c3ccccc3S2(=O)=O)cc1OC. The van der Waals surface area contributed by atoms with E-state index in [2.05, 4.69) is 4.98 Å². The second kappa shape index (κ2) is 8.40. The summed E-state index contributed by atoms with van der Waals surface area (Å²) in [6.45, 7) is 5.70. The molecular weight excluding hydrogens is 442 g/mol. The summed E-state index contributed by atoms with van der Waals surface area (Å²) in [6, 6.07) is 11.8. The molecule has 0 spiro atoms. The lowest BCUT2D eigenvalue weighted by atomic mass is 9.99. The number of aromatic nitrogens is 1. The van der Waals surface area contributed by atoms with Crippen LogP contribution in [0.2, 0.25) is 0 Å². The van der Waals surface area contributed by atoms with E-state index in [0.29, 0.717) is 17.2 Å². The molecule has 1 aliphatic heterocycles. The van der Waals surface area contributed by atoms with E-state index in [1.807, 2.05) is 26.8 Å². The molecule has 0 aliphatic carbocycles. The zero-order valence-corrected chi connectivity index (χ0v) is 19.9. The van der Waals surface area contributed by atoms with Crippen LogP contribution >= 0.6 is 0 Å². The smallest absolute Gasteiger partial charge is 0.343 e. The van der Waals surface area contributed by atoms with Crippen LogP contribution in [0.3, 0.4) is 0 Å². The topological polar surface area (TPSA) is 89.0 Å². The fraction of sp³-hybridized carbons (Fsp3) is 0.250. The van der Waals surface area contributed by atoms with Gasteiger partial charge in [0.15, 0.2) is 11.5 Å². The number of methoxy groups -OCH3 is 2. The molecule has 9 heteroatoms. The molecule has 4 rings (SSSR count). The van der Waals surface area contributed by atoms with Gasteiger partial charge in [-0.25, -0.2) is 13.2 Å². The number of hydrogen-bond acceptors (Lipinski definition) is 6. The number of aryl methyl sites for hydroxylation is 2. The zero-order chi connectivity index (χ0) is 23.9. The first-order valence-corrected chi connectivity index (χ1v) is 11.8. The van der Waals surface area contributed by atoms with Crippen LogP contribution < -0.4 is 18.7 Å². The van der Waals surface area contributed by atoms with Crippen LogP contribution in [-0.4, -0.2) is 33.7 Å². The summed E-state index contributed by atoms with van der Waals surface area (Å²) in [7, 11) is -1.23. The number of ether oxygens (including phenoxy) is 2. The largest absolute Gasteiger partial charge is 0.493 e. The molecule has 0 saturated carbocycles. The Hall–Kier alpha value is -3.59. The lowest BCUT2D eigenvalue weighted by molar-refractivity contribution is 0.252. The van der Waals surface area contributed by atoms with Crippen LogP contribution in [0.1, 0.15) is 29.8 Å². The summed E-state index contributed by atoms with van der Waals surface area (Å²) in [5.41, 5.74) is 3.09.